The van der Waals surface area contributed by atoms with Crippen LogP contribution in [0.25, 0.3) is 0 Å². The van der Waals surface area contributed by atoms with Crippen LogP contribution < -0.4 is 5.32 Å². The number of esters is 1. The lowest BCUT2D eigenvalue weighted by atomic mass is 9.91. The number of hydrogen-bond acceptors (Lipinski definition) is 5. The van der Waals surface area contributed by atoms with Crippen molar-refractivity contribution in [2.75, 3.05) is 40.5 Å². The molecule has 1 aliphatic carbocycles. The van der Waals surface area contributed by atoms with Gasteiger partial charge in [-0.2, -0.15) is 0 Å². The minimum atomic E-state index is -0.541. The summed E-state index contributed by atoms with van der Waals surface area (Å²) >= 11 is 0. The average molecular weight is 270 g/mol. The first kappa shape index (κ1) is 14.8. The number of rotatable bonds is 7. The van der Waals surface area contributed by atoms with Crippen LogP contribution >= 0.6 is 0 Å². The fourth-order valence-electron chi connectivity index (χ4n) is 3.10. The lowest BCUT2D eigenvalue weighted by molar-refractivity contribution is -0.151. The van der Waals surface area contributed by atoms with Crippen LogP contribution in [0.1, 0.15) is 26.2 Å². The first-order valence-electron chi connectivity index (χ1n) is 7.25. The summed E-state index contributed by atoms with van der Waals surface area (Å²) in [4.78, 5) is 14.6. The molecule has 1 aliphatic heterocycles. The van der Waals surface area contributed by atoms with E-state index in [0.29, 0.717) is 18.5 Å². The van der Waals surface area contributed by atoms with E-state index in [4.69, 9.17) is 9.47 Å². The third kappa shape index (κ3) is 3.09. The molecule has 1 N–H and O–H groups in total. The second-order valence-corrected chi connectivity index (χ2v) is 5.70. The van der Waals surface area contributed by atoms with E-state index in [2.05, 4.69) is 17.3 Å². The standard InChI is InChI=1S/C14H26N2O3/c1-4-15-14(11-5-6-11,13(17)18-3)10-16(2)12-7-8-19-9-12/h11-12,15H,4-10H2,1-3H3. The van der Waals surface area contributed by atoms with E-state index in [1.807, 2.05) is 6.92 Å². The molecule has 1 saturated carbocycles. The normalized spacial score (nSPS) is 26.4. The zero-order valence-corrected chi connectivity index (χ0v) is 12.3. The molecule has 0 aromatic carbocycles. The van der Waals surface area contributed by atoms with Gasteiger partial charge in [0.15, 0.2) is 0 Å². The third-order valence-corrected chi connectivity index (χ3v) is 4.34. The quantitative estimate of drug-likeness (QED) is 0.688. The lowest BCUT2D eigenvalue weighted by Gasteiger charge is -2.37. The number of nitrogens with one attached hydrogen (secondary N) is 1. The molecule has 0 aromatic heterocycles. The Morgan fingerprint density at radius 1 is 1.47 bits per heavy atom. The zero-order chi connectivity index (χ0) is 13.9. The largest absolute Gasteiger partial charge is 0.468 e. The summed E-state index contributed by atoms with van der Waals surface area (Å²) < 4.78 is 10.5. The summed E-state index contributed by atoms with van der Waals surface area (Å²) in [5, 5.41) is 3.41. The van der Waals surface area contributed by atoms with Gasteiger partial charge >= 0.3 is 5.97 Å². The van der Waals surface area contributed by atoms with Gasteiger partial charge in [-0.1, -0.05) is 6.92 Å². The van der Waals surface area contributed by atoms with E-state index in [0.717, 1.165) is 39.0 Å². The maximum atomic E-state index is 12.3. The first-order valence-corrected chi connectivity index (χ1v) is 7.25. The van der Waals surface area contributed by atoms with E-state index in [1.165, 1.54) is 7.11 Å². The van der Waals surface area contributed by atoms with Gasteiger partial charge in [-0.25, -0.2) is 4.79 Å². The van der Waals surface area contributed by atoms with Crippen molar-refractivity contribution in [1.29, 1.82) is 0 Å². The van der Waals surface area contributed by atoms with Crippen LogP contribution in [0.4, 0.5) is 0 Å². The summed E-state index contributed by atoms with van der Waals surface area (Å²) in [6.45, 7) is 5.11. The Morgan fingerprint density at radius 2 is 2.21 bits per heavy atom. The average Bonchev–Trinajstić information content (AvgIpc) is 3.12. The first-order chi connectivity index (χ1) is 9.14. The molecule has 2 unspecified atom stereocenters. The SMILES string of the molecule is CCNC(CN(C)C1CCOC1)(C(=O)OC)C1CC1. The highest BCUT2D eigenvalue weighted by atomic mass is 16.5. The maximum absolute atomic E-state index is 12.3. The highest BCUT2D eigenvalue weighted by molar-refractivity contribution is 5.82. The molecule has 2 aliphatic rings. The molecule has 0 aromatic rings. The Morgan fingerprint density at radius 3 is 2.68 bits per heavy atom. The fraction of sp³-hybridized carbons (Fsp3) is 0.929. The van der Waals surface area contributed by atoms with E-state index >= 15 is 0 Å². The highest BCUT2D eigenvalue weighted by Crippen LogP contribution is 2.41. The van der Waals surface area contributed by atoms with Crippen molar-refractivity contribution in [2.24, 2.45) is 5.92 Å². The van der Waals surface area contributed by atoms with Gasteiger partial charge in [0.05, 0.1) is 13.7 Å². The van der Waals surface area contributed by atoms with Crippen LogP contribution in [-0.4, -0.2) is 62.9 Å². The van der Waals surface area contributed by atoms with Crippen LogP contribution in [0.5, 0.6) is 0 Å². The molecule has 2 rings (SSSR count). The number of carbonyl (C=O) groups excluding carboxylic acids is 1. The van der Waals surface area contributed by atoms with Gasteiger partial charge in [-0.05, 0) is 38.8 Å². The van der Waals surface area contributed by atoms with Crippen LogP contribution in [0.3, 0.4) is 0 Å². The number of nitrogens with zero attached hydrogens (tertiary/aromatic N) is 1. The fourth-order valence-corrected chi connectivity index (χ4v) is 3.10. The van der Waals surface area contributed by atoms with Gasteiger partial charge in [0.2, 0.25) is 0 Å². The Hall–Kier alpha value is -0.650. The van der Waals surface area contributed by atoms with Crippen LogP contribution in [-0.2, 0) is 14.3 Å². The summed E-state index contributed by atoms with van der Waals surface area (Å²) in [6, 6.07) is 0.418. The molecule has 1 saturated heterocycles. The lowest BCUT2D eigenvalue weighted by Crippen LogP contribution is -2.61. The van der Waals surface area contributed by atoms with Crippen molar-refractivity contribution in [3.63, 3.8) is 0 Å². The van der Waals surface area contributed by atoms with E-state index in [9.17, 15) is 4.79 Å². The minimum absolute atomic E-state index is 0.123. The van der Waals surface area contributed by atoms with Gasteiger partial charge in [-0.3, -0.25) is 4.90 Å². The number of hydrogen-bond donors (Lipinski definition) is 1. The van der Waals surface area contributed by atoms with E-state index in [-0.39, 0.29) is 5.97 Å². The maximum Gasteiger partial charge on any atom is 0.327 e. The molecule has 19 heavy (non-hydrogen) atoms. The molecule has 0 amide bonds. The predicted octanol–water partition coefficient (Wildman–Crippen LogP) is 0.638. The molecule has 1 heterocycles. The second kappa shape index (κ2) is 6.20. The van der Waals surface area contributed by atoms with Gasteiger partial charge in [0, 0.05) is 19.2 Å². The molecular weight excluding hydrogens is 244 g/mol. The topological polar surface area (TPSA) is 50.8 Å². The number of carbonyl (C=O) groups is 1. The molecule has 2 fully saturated rings. The summed E-state index contributed by atoms with van der Waals surface area (Å²) in [7, 11) is 3.56. The Balaban J connectivity index is 2.09. The van der Waals surface area contributed by atoms with Gasteiger partial charge in [0.1, 0.15) is 5.54 Å². The molecule has 0 spiro atoms. The Kier molecular flexibility index (Phi) is 4.81. The van der Waals surface area contributed by atoms with Crippen molar-refractivity contribution in [2.45, 2.75) is 37.8 Å². The van der Waals surface area contributed by atoms with Crippen molar-refractivity contribution in [1.82, 2.24) is 10.2 Å². The molecule has 5 nitrogen and oxygen atoms in total. The monoisotopic (exact) mass is 270 g/mol. The Labute approximate surface area is 115 Å². The smallest absolute Gasteiger partial charge is 0.327 e. The number of likely N-dealkylation sites (N-methyl/N-ethyl adjacent to an activating group) is 2. The van der Waals surface area contributed by atoms with Crippen LogP contribution in [0.2, 0.25) is 0 Å². The molecule has 2 atom stereocenters. The number of ether oxygens (including phenoxy) is 2. The minimum Gasteiger partial charge on any atom is -0.468 e. The van der Waals surface area contributed by atoms with Crippen molar-refractivity contribution in [3.05, 3.63) is 0 Å². The molecule has 5 heteroatoms. The van der Waals surface area contributed by atoms with E-state index in [1.54, 1.807) is 0 Å². The van der Waals surface area contributed by atoms with Crippen molar-refractivity contribution < 1.29 is 14.3 Å². The molecule has 0 radical (unpaired) electrons. The summed E-state index contributed by atoms with van der Waals surface area (Å²) in [5.74, 6) is 0.285. The van der Waals surface area contributed by atoms with Gasteiger partial charge < -0.3 is 14.8 Å². The molecule has 0 bridgehead atoms. The van der Waals surface area contributed by atoms with Gasteiger partial charge in [0.25, 0.3) is 0 Å². The van der Waals surface area contributed by atoms with Crippen LogP contribution in [0, 0.1) is 5.92 Å². The van der Waals surface area contributed by atoms with Gasteiger partial charge in [-0.15, -0.1) is 0 Å². The third-order valence-electron chi connectivity index (χ3n) is 4.34. The molecule has 110 valence electrons. The predicted molar refractivity (Wildman–Crippen MR) is 73.0 cm³/mol. The summed E-state index contributed by atoms with van der Waals surface area (Å²) in [5.41, 5.74) is -0.541. The highest BCUT2D eigenvalue weighted by Gasteiger charge is 2.52. The van der Waals surface area contributed by atoms with Crippen molar-refractivity contribution in [3.8, 4) is 0 Å². The number of methoxy groups -OCH3 is 1. The Bertz CT molecular complexity index is 314. The van der Waals surface area contributed by atoms with E-state index < -0.39 is 5.54 Å². The molecular formula is C14H26N2O3. The van der Waals surface area contributed by atoms with Crippen molar-refractivity contribution >= 4 is 5.97 Å². The zero-order valence-electron chi connectivity index (χ0n) is 12.3. The van der Waals surface area contributed by atoms with Crippen LogP contribution in [0.15, 0.2) is 0 Å². The summed E-state index contributed by atoms with van der Waals surface area (Å²) in [6.07, 6.45) is 3.26. The second-order valence-electron chi connectivity index (χ2n) is 5.70.